The van der Waals surface area contributed by atoms with E-state index in [1.165, 1.54) is 0 Å². The van der Waals surface area contributed by atoms with Crippen LogP contribution in [0.5, 0.6) is 0 Å². The van der Waals surface area contributed by atoms with Crippen molar-refractivity contribution in [3.8, 4) is 0 Å². The van der Waals surface area contributed by atoms with E-state index >= 15 is 0 Å². The number of ether oxygens (including phenoxy) is 18. The SMILES string of the molecule is CCC(C)(C)C(=O)OCC(=O)OC1(C)C2CC3C1OC(=O)C3(C)C2.CCC(C)(C)C(=O)OCC(=O)OC1C2CC3(C)C(=O)OC1C3(C)C2.CCC(C)(C)C(=O)OCC(=O)OC1C2CC3C(C)(C2)C(=O)OC13C.CCC(C)(C)C(=O)OCC(=O)OC1C2CC3C1OC(=O)C3(C)C2.CCC(C)(C)C(=O)OCC(=O)OC1C2OC(=O)C3(C)CC1(C)CC23.CCC(C)(C)C(=O)OCC(=O)OC1C2OC(=O)C3(C)CC1(C)CC23C. The van der Waals surface area contributed by atoms with Gasteiger partial charge in [-0.2, -0.15) is 0 Å². The van der Waals surface area contributed by atoms with Gasteiger partial charge in [0.15, 0.2) is 45.2 Å². The molecule has 36 heteroatoms. The fourth-order valence-electron chi connectivity index (χ4n) is 27.1. The minimum atomic E-state index is -0.819. The van der Waals surface area contributed by atoms with E-state index in [0.29, 0.717) is 77.0 Å². The molecule has 0 radical (unpaired) electrons. The Balaban J connectivity index is 0.000000145. The second kappa shape index (κ2) is 37.9. The summed E-state index contributed by atoms with van der Waals surface area (Å²) in [7, 11) is 0. The van der Waals surface area contributed by atoms with E-state index in [0.717, 1.165) is 38.5 Å². The number of rotatable bonds is 30. The summed E-state index contributed by atoms with van der Waals surface area (Å²) in [6, 6.07) is 0. The van der Waals surface area contributed by atoms with Gasteiger partial charge in [0.2, 0.25) is 0 Å². The summed E-state index contributed by atoms with van der Waals surface area (Å²) in [5.74, 6) is -6.16. The highest BCUT2D eigenvalue weighted by molar-refractivity contribution is 5.89. The summed E-state index contributed by atoms with van der Waals surface area (Å²) >= 11 is 0. The number of hydrogen-bond donors (Lipinski definition) is 0. The quantitative estimate of drug-likeness (QED) is 0.0476. The summed E-state index contributed by atoms with van der Waals surface area (Å²) < 4.78 is 97.1. The van der Waals surface area contributed by atoms with Crippen molar-refractivity contribution in [3.05, 3.63) is 0 Å². The van der Waals surface area contributed by atoms with Gasteiger partial charge in [0, 0.05) is 69.0 Å². The Bertz CT molecular complexity index is 5140. The smallest absolute Gasteiger partial charge is 0.344 e. The summed E-state index contributed by atoms with van der Waals surface area (Å²) in [6.07, 6.45) is 8.64. The molecule has 12 saturated carbocycles. The molecule has 6 saturated heterocycles. The maximum atomic E-state index is 12.3. The zero-order valence-corrected chi connectivity index (χ0v) is 90.1. The molecule has 0 aromatic heterocycles. The molecular formula is C108H156O36. The molecule has 144 heavy (non-hydrogen) atoms. The maximum absolute atomic E-state index is 12.3. The van der Waals surface area contributed by atoms with Gasteiger partial charge in [0.1, 0.15) is 66.6 Å². The molecule has 30 unspecified atom stereocenters. The van der Waals surface area contributed by atoms with Crippen LogP contribution in [0, 0.1) is 134 Å². The van der Waals surface area contributed by atoms with Gasteiger partial charge in [-0.15, -0.1) is 0 Å². The van der Waals surface area contributed by atoms with E-state index in [1.807, 2.05) is 125 Å². The Labute approximate surface area is 844 Å². The summed E-state index contributed by atoms with van der Waals surface area (Å²) in [5, 5.41) is 0. The molecule has 0 spiro atoms. The summed E-state index contributed by atoms with van der Waals surface area (Å²) in [5.41, 5.74) is -9.15. The van der Waals surface area contributed by atoms with Crippen LogP contribution < -0.4 is 0 Å². The van der Waals surface area contributed by atoms with Crippen LogP contribution in [0.4, 0.5) is 0 Å². The van der Waals surface area contributed by atoms with Crippen LogP contribution in [-0.4, -0.2) is 219 Å². The average Bonchev–Trinajstić information content (AvgIpc) is 1.48. The number of fused-ring (bicyclic) bond motifs is 6. The highest BCUT2D eigenvalue weighted by Gasteiger charge is 2.82. The fourth-order valence-corrected chi connectivity index (χ4v) is 27.1. The van der Waals surface area contributed by atoms with Gasteiger partial charge < -0.3 is 85.3 Å². The van der Waals surface area contributed by atoms with Crippen LogP contribution in [0.1, 0.15) is 323 Å². The van der Waals surface area contributed by atoms with Crippen LogP contribution >= 0.6 is 0 Å². The molecule has 0 aromatic rings. The lowest BCUT2D eigenvalue weighted by Crippen LogP contribution is -2.49. The van der Waals surface area contributed by atoms with E-state index in [1.54, 1.807) is 83.1 Å². The Morgan fingerprint density at radius 1 is 0.306 bits per heavy atom. The van der Waals surface area contributed by atoms with Crippen molar-refractivity contribution in [2.24, 2.45) is 134 Å². The van der Waals surface area contributed by atoms with Crippen molar-refractivity contribution in [1.29, 1.82) is 0 Å². The Morgan fingerprint density at radius 3 is 1.17 bits per heavy atom. The lowest BCUT2D eigenvalue weighted by molar-refractivity contribution is -0.187. The van der Waals surface area contributed by atoms with Crippen LogP contribution in [0.15, 0.2) is 0 Å². The van der Waals surface area contributed by atoms with Gasteiger partial charge in [0.05, 0.1) is 65.0 Å². The summed E-state index contributed by atoms with van der Waals surface area (Å²) in [6.45, 7) is 53.7. The van der Waals surface area contributed by atoms with E-state index in [4.69, 9.17) is 85.3 Å². The molecule has 804 valence electrons. The summed E-state index contributed by atoms with van der Waals surface area (Å²) in [4.78, 5) is 217. The van der Waals surface area contributed by atoms with Crippen molar-refractivity contribution >= 4 is 107 Å². The number of esters is 18. The Kier molecular flexibility index (Phi) is 29.4. The maximum Gasteiger partial charge on any atom is 0.344 e. The van der Waals surface area contributed by atoms with Crippen molar-refractivity contribution in [2.75, 3.05) is 39.6 Å². The highest BCUT2D eigenvalue weighted by atomic mass is 16.7. The second-order valence-electron chi connectivity index (χ2n) is 51.3. The van der Waals surface area contributed by atoms with Gasteiger partial charge in [-0.05, 0) is 254 Å². The largest absolute Gasteiger partial charge is 0.458 e. The van der Waals surface area contributed by atoms with Crippen LogP contribution in [0.25, 0.3) is 0 Å². The van der Waals surface area contributed by atoms with Crippen molar-refractivity contribution in [3.63, 3.8) is 0 Å². The topological polar surface area (TPSA) is 473 Å². The predicted octanol–water partition coefficient (Wildman–Crippen LogP) is 13.4. The molecule has 12 aliphatic carbocycles. The first-order valence-electron chi connectivity index (χ1n) is 51.8. The Hall–Kier alpha value is -9.54. The standard InChI is InChI=1S/C19H28O6.4C18H26O6.C17H24O6/c1-7-16(2,3)14(21)23-8-11(20)24-12-13-18(5)9-17(12,4)10-19(18,6)15(22)25-13;1-6-16(2,3)14(20)22-8-11(19)23-13-12-10-7-17(13,4)9-18(10,5)15(21)24-12;1-6-16(2,3)14(20)22-9-11(19)23-12-10-7-17(4)13(12)24-15(21)18(17,5)8-10;1-6-16(2,3)14(20)22-9-12(19)24-18(5)10-7-11-13(18)23-15(21)17(11,4)8-10;1-6-16(2,3)14(20)22-9-12(19)23-13-10-7-11-17(4,8-10)15(21)24-18(11,13)5;1-5-16(2,3)14(19)21-8-11(18)22-12-9-6-10-13(12)23-15(20)17(10,4)7-9/h12-13H,7-10H2,1-6H3;2*10,12-13H,6-9H2,1-5H3;2*10-11,13H,6-9H2,1-5H3;9-10,12-13H,5-8H2,1-4H3. The molecule has 0 aromatic carbocycles. The average molecular weight is 2030 g/mol. The van der Waals surface area contributed by atoms with Crippen LogP contribution in [-0.2, 0) is 172 Å². The second-order valence-corrected chi connectivity index (χ2v) is 51.3. The van der Waals surface area contributed by atoms with Gasteiger partial charge in [-0.1, -0.05) is 69.2 Å². The molecule has 18 fully saturated rings. The lowest BCUT2D eigenvalue weighted by Gasteiger charge is -2.39. The monoisotopic (exact) mass is 2030 g/mol. The number of carbonyl (C=O) groups is 18. The first-order chi connectivity index (χ1) is 66.2. The molecule has 36 nitrogen and oxygen atoms in total. The lowest BCUT2D eigenvalue weighted by atomic mass is 9.64. The zero-order valence-electron chi connectivity index (χ0n) is 90.1. The molecule has 0 amide bonds. The molecule has 18 rings (SSSR count). The van der Waals surface area contributed by atoms with E-state index < -0.39 is 224 Å². The normalized spacial score (nSPS) is 39.7. The third kappa shape index (κ3) is 18.6. The fraction of sp³-hybridized carbons (Fsp3) is 0.833. The first-order valence-corrected chi connectivity index (χ1v) is 51.8. The molecule has 30 atom stereocenters. The third-order valence-electron chi connectivity index (χ3n) is 39.2. The molecule has 12 bridgehead atoms. The van der Waals surface area contributed by atoms with E-state index in [-0.39, 0.29) is 129 Å². The molecule has 6 aliphatic heterocycles. The van der Waals surface area contributed by atoms with Crippen molar-refractivity contribution < 1.29 is 172 Å². The number of carbonyl (C=O) groups excluding carboxylic acids is 18. The minimum absolute atomic E-state index is 0.0851. The van der Waals surface area contributed by atoms with Gasteiger partial charge in [-0.3, -0.25) is 57.5 Å². The number of hydrogen-bond acceptors (Lipinski definition) is 36. The molecular weight excluding hydrogens is 1870 g/mol. The first kappa shape index (κ1) is 112. The minimum Gasteiger partial charge on any atom is -0.458 e. The zero-order chi connectivity index (χ0) is 107. The van der Waals surface area contributed by atoms with Crippen molar-refractivity contribution in [2.45, 2.75) is 396 Å². The predicted molar refractivity (Wildman–Crippen MR) is 502 cm³/mol. The van der Waals surface area contributed by atoms with Gasteiger partial charge in [0.25, 0.3) is 0 Å². The van der Waals surface area contributed by atoms with Gasteiger partial charge >= 0.3 is 107 Å². The van der Waals surface area contributed by atoms with E-state index in [9.17, 15) is 86.3 Å². The highest BCUT2D eigenvalue weighted by Crippen LogP contribution is 2.76. The van der Waals surface area contributed by atoms with Crippen LogP contribution in [0.3, 0.4) is 0 Å². The Morgan fingerprint density at radius 2 is 0.694 bits per heavy atom. The van der Waals surface area contributed by atoms with Gasteiger partial charge in [-0.25, -0.2) is 28.8 Å². The van der Waals surface area contributed by atoms with Crippen LogP contribution in [0.2, 0.25) is 0 Å². The molecule has 18 aliphatic rings. The van der Waals surface area contributed by atoms with Crippen molar-refractivity contribution in [1.82, 2.24) is 0 Å². The third-order valence-corrected chi connectivity index (χ3v) is 39.2. The molecule has 6 heterocycles. The van der Waals surface area contributed by atoms with E-state index in [2.05, 4.69) is 0 Å². The molecule has 0 N–H and O–H groups in total.